The van der Waals surface area contributed by atoms with Crippen molar-refractivity contribution in [3.05, 3.63) is 36.6 Å². The number of amides is 1. The maximum atomic E-state index is 12.3. The van der Waals surface area contributed by atoms with Crippen molar-refractivity contribution in [3.63, 3.8) is 0 Å². The number of hydrogen-bond acceptors (Lipinski definition) is 8. The Morgan fingerprint density at radius 3 is 2.72 bits per heavy atom. The largest absolute Gasteiger partial charge is 0.356 e. The molecule has 3 aromatic heterocycles. The van der Waals surface area contributed by atoms with E-state index in [2.05, 4.69) is 35.3 Å². The maximum absolute atomic E-state index is 12.3. The molecule has 0 aromatic carbocycles. The Morgan fingerprint density at radius 1 is 1.16 bits per heavy atom. The molecule has 10 heteroatoms. The summed E-state index contributed by atoms with van der Waals surface area (Å²) in [5.41, 5.74) is 0. The van der Waals surface area contributed by atoms with E-state index in [1.165, 1.54) is 24.0 Å². The SMILES string of the molecule is O=C(Nc1nccs1)C1CCN(c2cc(-n3cncn3)ncn2)CC1. The van der Waals surface area contributed by atoms with Gasteiger partial charge in [0.25, 0.3) is 0 Å². The number of carbonyl (C=O) groups excluding carboxylic acids is 1. The second-order valence-electron chi connectivity index (χ2n) is 5.66. The van der Waals surface area contributed by atoms with Gasteiger partial charge in [-0.3, -0.25) is 4.79 Å². The molecule has 1 aliphatic heterocycles. The highest BCUT2D eigenvalue weighted by molar-refractivity contribution is 7.13. The third kappa shape index (κ3) is 3.48. The molecule has 25 heavy (non-hydrogen) atoms. The van der Waals surface area contributed by atoms with Crippen LogP contribution in [-0.4, -0.2) is 48.7 Å². The van der Waals surface area contributed by atoms with Gasteiger partial charge in [0.15, 0.2) is 10.9 Å². The molecule has 1 fully saturated rings. The normalized spacial score (nSPS) is 15.3. The summed E-state index contributed by atoms with van der Waals surface area (Å²) >= 11 is 1.43. The lowest BCUT2D eigenvalue weighted by Crippen LogP contribution is -2.38. The van der Waals surface area contributed by atoms with Crippen molar-refractivity contribution in [1.82, 2.24) is 29.7 Å². The Hall–Kier alpha value is -2.88. The van der Waals surface area contributed by atoms with Crippen LogP contribution in [0.1, 0.15) is 12.8 Å². The number of anilines is 2. The molecule has 0 bridgehead atoms. The van der Waals surface area contributed by atoms with Crippen LogP contribution in [0.5, 0.6) is 0 Å². The topological polar surface area (TPSA) is 102 Å². The Bertz CT molecular complexity index is 827. The third-order valence-corrected chi connectivity index (χ3v) is 4.83. The molecule has 4 rings (SSSR count). The second-order valence-corrected chi connectivity index (χ2v) is 6.56. The number of nitrogens with zero attached hydrogens (tertiary/aromatic N) is 7. The summed E-state index contributed by atoms with van der Waals surface area (Å²) in [4.78, 5) is 31.1. The van der Waals surface area contributed by atoms with E-state index in [4.69, 9.17) is 0 Å². The minimum Gasteiger partial charge on any atom is -0.356 e. The molecule has 1 amide bonds. The molecule has 9 nitrogen and oxygen atoms in total. The standard InChI is InChI=1S/C15H16N8OS/c24-14(21-15-17-3-6-25-15)11-1-4-22(5-2-11)12-7-13(19-9-18-12)23-10-16-8-20-23/h3,6-11H,1-2,4-5H2,(H,17,21,24). The van der Waals surface area contributed by atoms with E-state index in [1.54, 1.807) is 17.2 Å². The van der Waals surface area contributed by atoms with E-state index in [-0.39, 0.29) is 11.8 Å². The number of carbonyl (C=O) groups is 1. The number of nitrogens with one attached hydrogen (secondary N) is 1. The van der Waals surface area contributed by atoms with Gasteiger partial charge >= 0.3 is 0 Å². The molecule has 0 unspecified atom stereocenters. The van der Waals surface area contributed by atoms with Crippen molar-refractivity contribution in [2.24, 2.45) is 5.92 Å². The van der Waals surface area contributed by atoms with Crippen molar-refractivity contribution in [2.45, 2.75) is 12.8 Å². The molecule has 4 heterocycles. The van der Waals surface area contributed by atoms with Gasteiger partial charge in [-0.1, -0.05) is 0 Å². The predicted molar refractivity (Wildman–Crippen MR) is 92.6 cm³/mol. The van der Waals surface area contributed by atoms with E-state index < -0.39 is 0 Å². The van der Waals surface area contributed by atoms with Crippen LogP contribution in [0.15, 0.2) is 36.6 Å². The zero-order chi connectivity index (χ0) is 17.1. The molecular formula is C15H16N8OS. The van der Waals surface area contributed by atoms with Crippen LogP contribution in [0.3, 0.4) is 0 Å². The van der Waals surface area contributed by atoms with Gasteiger partial charge in [0.1, 0.15) is 24.8 Å². The average molecular weight is 356 g/mol. The van der Waals surface area contributed by atoms with E-state index >= 15 is 0 Å². The van der Waals surface area contributed by atoms with Gasteiger partial charge in [0.05, 0.1) is 0 Å². The van der Waals surface area contributed by atoms with Gasteiger partial charge in [-0.15, -0.1) is 11.3 Å². The first kappa shape index (κ1) is 15.6. The maximum Gasteiger partial charge on any atom is 0.229 e. The monoisotopic (exact) mass is 356 g/mol. The van der Waals surface area contributed by atoms with Crippen LogP contribution in [0, 0.1) is 5.92 Å². The molecule has 128 valence electrons. The summed E-state index contributed by atoms with van der Waals surface area (Å²) in [5, 5.41) is 9.46. The molecular weight excluding hydrogens is 340 g/mol. The van der Waals surface area contributed by atoms with Crippen LogP contribution in [0.2, 0.25) is 0 Å². The molecule has 0 aliphatic carbocycles. The van der Waals surface area contributed by atoms with Gasteiger partial charge in [0.2, 0.25) is 5.91 Å². The van der Waals surface area contributed by atoms with Gasteiger partial charge < -0.3 is 10.2 Å². The Labute approximate surface area is 147 Å². The summed E-state index contributed by atoms with van der Waals surface area (Å²) in [5.74, 6) is 1.54. The van der Waals surface area contributed by atoms with E-state index in [9.17, 15) is 4.79 Å². The van der Waals surface area contributed by atoms with Crippen molar-refractivity contribution < 1.29 is 4.79 Å². The fourth-order valence-electron chi connectivity index (χ4n) is 2.83. The Balaban J connectivity index is 1.39. The van der Waals surface area contributed by atoms with Crippen molar-refractivity contribution in [2.75, 3.05) is 23.3 Å². The minimum absolute atomic E-state index is 0.00299. The van der Waals surface area contributed by atoms with Crippen LogP contribution >= 0.6 is 11.3 Å². The molecule has 0 radical (unpaired) electrons. The lowest BCUT2D eigenvalue weighted by atomic mass is 9.96. The average Bonchev–Trinajstić information content (AvgIpc) is 3.36. The van der Waals surface area contributed by atoms with Gasteiger partial charge in [-0.05, 0) is 12.8 Å². The second kappa shape index (κ2) is 6.93. The first-order valence-corrected chi connectivity index (χ1v) is 8.80. The zero-order valence-corrected chi connectivity index (χ0v) is 14.1. The Morgan fingerprint density at radius 2 is 2.00 bits per heavy atom. The fourth-order valence-corrected chi connectivity index (χ4v) is 3.36. The quantitative estimate of drug-likeness (QED) is 0.753. The summed E-state index contributed by atoms with van der Waals surface area (Å²) in [6, 6.07) is 1.88. The predicted octanol–water partition coefficient (Wildman–Crippen LogP) is 1.37. The highest BCUT2D eigenvalue weighted by Gasteiger charge is 2.26. The molecule has 3 aromatic rings. The number of aromatic nitrogens is 6. The lowest BCUT2D eigenvalue weighted by molar-refractivity contribution is -0.120. The lowest BCUT2D eigenvalue weighted by Gasteiger charge is -2.32. The van der Waals surface area contributed by atoms with E-state index in [1.807, 2.05) is 11.4 Å². The Kier molecular flexibility index (Phi) is 4.34. The van der Waals surface area contributed by atoms with Crippen molar-refractivity contribution in [1.29, 1.82) is 0 Å². The van der Waals surface area contributed by atoms with Gasteiger partial charge in [-0.2, -0.15) is 5.10 Å². The third-order valence-electron chi connectivity index (χ3n) is 4.14. The summed E-state index contributed by atoms with van der Waals surface area (Å²) in [6.07, 6.45) is 7.83. The molecule has 1 saturated heterocycles. The van der Waals surface area contributed by atoms with Gasteiger partial charge in [0, 0.05) is 36.7 Å². The molecule has 0 saturated carbocycles. The van der Waals surface area contributed by atoms with Crippen LogP contribution in [0.25, 0.3) is 5.82 Å². The van der Waals surface area contributed by atoms with Crippen LogP contribution in [0.4, 0.5) is 10.9 Å². The van der Waals surface area contributed by atoms with E-state index in [0.29, 0.717) is 10.9 Å². The van der Waals surface area contributed by atoms with E-state index in [0.717, 1.165) is 31.7 Å². The summed E-state index contributed by atoms with van der Waals surface area (Å²) in [7, 11) is 0. The smallest absolute Gasteiger partial charge is 0.229 e. The zero-order valence-electron chi connectivity index (χ0n) is 13.3. The number of hydrogen-bond donors (Lipinski definition) is 1. The highest BCUT2D eigenvalue weighted by atomic mass is 32.1. The first-order chi connectivity index (χ1) is 12.3. The molecule has 0 spiro atoms. The van der Waals surface area contributed by atoms with Gasteiger partial charge in [-0.25, -0.2) is 24.6 Å². The highest BCUT2D eigenvalue weighted by Crippen LogP contribution is 2.24. The number of piperidine rings is 1. The molecule has 0 atom stereocenters. The number of thiazole rings is 1. The molecule has 1 aliphatic rings. The summed E-state index contributed by atoms with van der Waals surface area (Å²) in [6.45, 7) is 1.54. The fraction of sp³-hybridized carbons (Fsp3) is 0.333. The van der Waals surface area contributed by atoms with Crippen LogP contribution in [-0.2, 0) is 4.79 Å². The molecule has 1 N–H and O–H groups in total. The van der Waals surface area contributed by atoms with Crippen molar-refractivity contribution in [3.8, 4) is 5.82 Å². The number of rotatable bonds is 4. The van der Waals surface area contributed by atoms with Crippen molar-refractivity contribution >= 4 is 28.2 Å². The van der Waals surface area contributed by atoms with Crippen LogP contribution < -0.4 is 10.2 Å². The minimum atomic E-state index is -0.00299. The first-order valence-electron chi connectivity index (χ1n) is 7.92. The summed E-state index contributed by atoms with van der Waals surface area (Å²) < 4.78 is 1.60.